The van der Waals surface area contributed by atoms with Gasteiger partial charge in [-0.1, -0.05) is 37.3 Å². The SMILES string of the molecule is CCCOc1ccc(C2CC(C)Nc3ccccc32)cc1. The zero-order chi connectivity index (χ0) is 14.7. The Morgan fingerprint density at radius 2 is 1.86 bits per heavy atom. The van der Waals surface area contributed by atoms with Gasteiger partial charge in [0.1, 0.15) is 5.75 Å². The van der Waals surface area contributed by atoms with Crippen molar-refractivity contribution in [2.45, 2.75) is 38.6 Å². The van der Waals surface area contributed by atoms with E-state index in [1.54, 1.807) is 0 Å². The lowest BCUT2D eigenvalue weighted by Gasteiger charge is -2.31. The van der Waals surface area contributed by atoms with E-state index in [9.17, 15) is 0 Å². The first kappa shape index (κ1) is 14.0. The van der Waals surface area contributed by atoms with E-state index in [0.717, 1.165) is 25.2 Å². The zero-order valence-electron chi connectivity index (χ0n) is 12.8. The van der Waals surface area contributed by atoms with E-state index in [1.807, 2.05) is 0 Å². The summed E-state index contributed by atoms with van der Waals surface area (Å²) in [6.07, 6.45) is 2.17. The summed E-state index contributed by atoms with van der Waals surface area (Å²) in [5.74, 6) is 1.44. The van der Waals surface area contributed by atoms with Gasteiger partial charge in [-0.25, -0.2) is 0 Å². The number of nitrogens with one attached hydrogen (secondary N) is 1. The maximum Gasteiger partial charge on any atom is 0.119 e. The molecule has 2 aromatic rings. The normalized spacial score (nSPS) is 20.5. The van der Waals surface area contributed by atoms with Gasteiger partial charge in [0, 0.05) is 17.6 Å². The van der Waals surface area contributed by atoms with Crippen molar-refractivity contribution in [3.63, 3.8) is 0 Å². The number of para-hydroxylation sites is 1. The molecule has 1 N–H and O–H groups in total. The van der Waals surface area contributed by atoms with Crippen molar-refractivity contribution in [2.24, 2.45) is 0 Å². The molecule has 0 fully saturated rings. The van der Waals surface area contributed by atoms with Crippen LogP contribution in [0.2, 0.25) is 0 Å². The smallest absolute Gasteiger partial charge is 0.119 e. The Hall–Kier alpha value is -1.96. The predicted octanol–water partition coefficient (Wildman–Crippen LogP) is 4.81. The van der Waals surface area contributed by atoms with Gasteiger partial charge >= 0.3 is 0 Å². The molecule has 0 saturated heterocycles. The van der Waals surface area contributed by atoms with E-state index in [4.69, 9.17) is 4.74 Å². The average Bonchev–Trinajstić information content (AvgIpc) is 2.52. The highest BCUT2D eigenvalue weighted by Crippen LogP contribution is 2.38. The minimum Gasteiger partial charge on any atom is -0.494 e. The molecular weight excluding hydrogens is 258 g/mol. The van der Waals surface area contributed by atoms with Crippen LogP contribution in [0.25, 0.3) is 0 Å². The maximum absolute atomic E-state index is 5.68. The summed E-state index contributed by atoms with van der Waals surface area (Å²) in [7, 11) is 0. The molecule has 1 aliphatic rings. The van der Waals surface area contributed by atoms with Gasteiger partial charge in [-0.05, 0) is 49.1 Å². The second-order valence-electron chi connectivity index (χ2n) is 5.84. The Balaban J connectivity index is 1.86. The van der Waals surface area contributed by atoms with Crippen molar-refractivity contribution in [2.75, 3.05) is 11.9 Å². The summed E-state index contributed by atoms with van der Waals surface area (Å²) in [5, 5.41) is 3.57. The van der Waals surface area contributed by atoms with Crippen LogP contribution in [-0.2, 0) is 0 Å². The fourth-order valence-corrected chi connectivity index (χ4v) is 3.07. The van der Waals surface area contributed by atoms with Crippen LogP contribution >= 0.6 is 0 Å². The zero-order valence-corrected chi connectivity index (χ0v) is 12.8. The number of ether oxygens (including phenoxy) is 1. The third kappa shape index (κ3) is 3.05. The van der Waals surface area contributed by atoms with Gasteiger partial charge in [-0.15, -0.1) is 0 Å². The molecule has 0 amide bonds. The van der Waals surface area contributed by atoms with Crippen LogP contribution in [0.1, 0.15) is 43.7 Å². The molecule has 2 heteroatoms. The molecule has 110 valence electrons. The standard InChI is InChI=1S/C19H23NO/c1-3-12-21-16-10-8-15(9-11-16)18-13-14(2)20-19-7-5-4-6-17(18)19/h4-11,14,18,20H,3,12-13H2,1-2H3. The third-order valence-corrected chi connectivity index (χ3v) is 4.08. The highest BCUT2D eigenvalue weighted by Gasteiger charge is 2.24. The Morgan fingerprint density at radius 1 is 1.10 bits per heavy atom. The summed E-state index contributed by atoms with van der Waals surface area (Å²) in [6.45, 7) is 5.16. The Bertz CT molecular complexity index is 591. The van der Waals surface area contributed by atoms with Crippen molar-refractivity contribution >= 4 is 5.69 Å². The molecule has 0 aliphatic carbocycles. The van der Waals surface area contributed by atoms with Crippen LogP contribution in [0, 0.1) is 0 Å². The van der Waals surface area contributed by atoms with Gasteiger partial charge in [-0.2, -0.15) is 0 Å². The summed E-state index contributed by atoms with van der Waals surface area (Å²) >= 11 is 0. The van der Waals surface area contributed by atoms with Gasteiger partial charge < -0.3 is 10.1 Å². The number of hydrogen-bond donors (Lipinski definition) is 1. The fraction of sp³-hybridized carbons (Fsp3) is 0.368. The molecular formula is C19H23NO. The monoisotopic (exact) mass is 281 g/mol. The summed E-state index contributed by atoms with van der Waals surface area (Å²) < 4.78 is 5.68. The number of anilines is 1. The molecule has 3 rings (SSSR count). The molecule has 0 aromatic heterocycles. The highest BCUT2D eigenvalue weighted by atomic mass is 16.5. The first-order chi connectivity index (χ1) is 10.3. The van der Waals surface area contributed by atoms with Crippen LogP contribution < -0.4 is 10.1 Å². The van der Waals surface area contributed by atoms with Gasteiger partial charge in [-0.3, -0.25) is 0 Å². The van der Waals surface area contributed by atoms with E-state index in [1.165, 1.54) is 16.8 Å². The molecule has 2 atom stereocenters. The Morgan fingerprint density at radius 3 is 2.62 bits per heavy atom. The molecule has 21 heavy (non-hydrogen) atoms. The predicted molar refractivity (Wildman–Crippen MR) is 88.2 cm³/mol. The number of benzene rings is 2. The molecule has 0 radical (unpaired) electrons. The van der Waals surface area contributed by atoms with Gasteiger partial charge in [0.25, 0.3) is 0 Å². The van der Waals surface area contributed by atoms with Crippen molar-refractivity contribution in [1.82, 2.24) is 0 Å². The lowest BCUT2D eigenvalue weighted by Crippen LogP contribution is -2.25. The van der Waals surface area contributed by atoms with E-state index < -0.39 is 0 Å². The molecule has 0 bridgehead atoms. The first-order valence-electron chi connectivity index (χ1n) is 7.86. The first-order valence-corrected chi connectivity index (χ1v) is 7.86. The van der Waals surface area contributed by atoms with Crippen molar-refractivity contribution in [1.29, 1.82) is 0 Å². The summed E-state index contributed by atoms with van der Waals surface area (Å²) in [5.41, 5.74) is 4.05. The molecule has 1 aliphatic heterocycles. The van der Waals surface area contributed by atoms with Gasteiger partial charge in [0.2, 0.25) is 0 Å². The van der Waals surface area contributed by atoms with E-state index in [2.05, 4.69) is 67.7 Å². The number of hydrogen-bond acceptors (Lipinski definition) is 2. The van der Waals surface area contributed by atoms with Crippen molar-refractivity contribution in [3.05, 3.63) is 59.7 Å². The highest BCUT2D eigenvalue weighted by molar-refractivity contribution is 5.58. The van der Waals surface area contributed by atoms with Crippen molar-refractivity contribution < 1.29 is 4.74 Å². The molecule has 2 unspecified atom stereocenters. The van der Waals surface area contributed by atoms with Crippen LogP contribution in [0.4, 0.5) is 5.69 Å². The Labute approximate surface area is 127 Å². The molecule has 0 saturated carbocycles. The van der Waals surface area contributed by atoms with E-state index in [0.29, 0.717) is 12.0 Å². The van der Waals surface area contributed by atoms with Crippen LogP contribution in [0.3, 0.4) is 0 Å². The van der Waals surface area contributed by atoms with E-state index in [-0.39, 0.29) is 0 Å². The van der Waals surface area contributed by atoms with Crippen molar-refractivity contribution in [3.8, 4) is 5.75 Å². The fourth-order valence-electron chi connectivity index (χ4n) is 3.07. The third-order valence-electron chi connectivity index (χ3n) is 4.08. The minimum absolute atomic E-state index is 0.470. The largest absolute Gasteiger partial charge is 0.494 e. The van der Waals surface area contributed by atoms with Crippen LogP contribution in [0.5, 0.6) is 5.75 Å². The second-order valence-corrected chi connectivity index (χ2v) is 5.84. The summed E-state index contributed by atoms with van der Waals surface area (Å²) in [4.78, 5) is 0. The molecule has 2 nitrogen and oxygen atoms in total. The molecule has 2 aromatic carbocycles. The lowest BCUT2D eigenvalue weighted by atomic mass is 9.82. The van der Waals surface area contributed by atoms with Crippen LogP contribution in [-0.4, -0.2) is 12.6 Å². The summed E-state index contributed by atoms with van der Waals surface area (Å²) in [6, 6.07) is 17.8. The van der Waals surface area contributed by atoms with Gasteiger partial charge in [0.15, 0.2) is 0 Å². The lowest BCUT2D eigenvalue weighted by molar-refractivity contribution is 0.317. The molecule has 0 spiro atoms. The van der Waals surface area contributed by atoms with Gasteiger partial charge in [0.05, 0.1) is 6.61 Å². The molecule has 1 heterocycles. The topological polar surface area (TPSA) is 21.3 Å². The van der Waals surface area contributed by atoms with Crippen LogP contribution in [0.15, 0.2) is 48.5 Å². The Kier molecular flexibility index (Phi) is 4.14. The second kappa shape index (κ2) is 6.21. The number of rotatable bonds is 4. The quantitative estimate of drug-likeness (QED) is 0.868. The minimum atomic E-state index is 0.470. The van der Waals surface area contributed by atoms with E-state index >= 15 is 0 Å². The average molecular weight is 281 g/mol. The number of fused-ring (bicyclic) bond motifs is 1. The maximum atomic E-state index is 5.68.